The van der Waals surface area contributed by atoms with Gasteiger partial charge in [-0.05, 0) is 37.6 Å². The van der Waals surface area contributed by atoms with Crippen molar-refractivity contribution in [2.45, 2.75) is 25.7 Å². The number of para-hydroxylation sites is 1. The van der Waals surface area contributed by atoms with Crippen LogP contribution in [-0.4, -0.2) is 27.4 Å². The molecule has 0 radical (unpaired) electrons. The van der Waals surface area contributed by atoms with Gasteiger partial charge in [-0.15, -0.1) is 0 Å². The third-order valence-electron chi connectivity index (χ3n) is 3.75. The van der Waals surface area contributed by atoms with E-state index in [1.807, 2.05) is 38.1 Å². The molecule has 24 heavy (non-hydrogen) atoms. The van der Waals surface area contributed by atoms with Crippen LogP contribution in [0.4, 0.5) is 5.69 Å². The zero-order chi connectivity index (χ0) is 17.7. The SMILES string of the molecule is CC(=O)N(CCNS(=O)(=O)c1ccc(C)cc1)c1ccccc1C. The molecule has 5 nitrogen and oxygen atoms in total. The van der Waals surface area contributed by atoms with Crippen LogP contribution in [0.3, 0.4) is 0 Å². The van der Waals surface area contributed by atoms with Crippen LogP contribution in [-0.2, 0) is 14.8 Å². The number of anilines is 1. The number of nitrogens with zero attached hydrogens (tertiary/aromatic N) is 1. The summed E-state index contributed by atoms with van der Waals surface area (Å²) in [6, 6.07) is 14.2. The minimum atomic E-state index is -3.58. The van der Waals surface area contributed by atoms with Crippen LogP contribution < -0.4 is 9.62 Å². The maximum Gasteiger partial charge on any atom is 0.240 e. The summed E-state index contributed by atoms with van der Waals surface area (Å²) in [5.41, 5.74) is 2.75. The highest BCUT2D eigenvalue weighted by molar-refractivity contribution is 7.89. The molecule has 1 N–H and O–H groups in total. The number of hydrogen-bond acceptors (Lipinski definition) is 3. The molecule has 6 heteroatoms. The predicted molar refractivity (Wildman–Crippen MR) is 95.6 cm³/mol. The fraction of sp³-hybridized carbons (Fsp3) is 0.278. The monoisotopic (exact) mass is 346 g/mol. The summed E-state index contributed by atoms with van der Waals surface area (Å²) in [5, 5.41) is 0. The fourth-order valence-corrected chi connectivity index (χ4v) is 3.43. The summed E-state index contributed by atoms with van der Waals surface area (Å²) in [6.45, 7) is 5.70. The fourth-order valence-electron chi connectivity index (χ4n) is 2.41. The molecule has 0 unspecified atom stereocenters. The molecular formula is C18H22N2O3S. The third kappa shape index (κ3) is 4.43. The highest BCUT2D eigenvalue weighted by atomic mass is 32.2. The number of rotatable bonds is 6. The number of aryl methyl sites for hydroxylation is 2. The molecule has 0 atom stereocenters. The van der Waals surface area contributed by atoms with Crippen molar-refractivity contribution in [3.8, 4) is 0 Å². The van der Waals surface area contributed by atoms with Crippen LogP contribution in [0.5, 0.6) is 0 Å². The lowest BCUT2D eigenvalue weighted by molar-refractivity contribution is -0.116. The second-order valence-corrected chi connectivity index (χ2v) is 7.43. The van der Waals surface area contributed by atoms with Gasteiger partial charge >= 0.3 is 0 Å². The first-order chi connectivity index (χ1) is 11.3. The molecule has 0 aliphatic rings. The van der Waals surface area contributed by atoms with Crippen LogP contribution in [0.25, 0.3) is 0 Å². The van der Waals surface area contributed by atoms with Crippen molar-refractivity contribution in [3.05, 3.63) is 59.7 Å². The number of benzene rings is 2. The Labute approximate surface area is 143 Å². The van der Waals surface area contributed by atoms with Gasteiger partial charge in [-0.3, -0.25) is 4.79 Å². The Morgan fingerprint density at radius 1 is 1.04 bits per heavy atom. The lowest BCUT2D eigenvalue weighted by Crippen LogP contribution is -2.37. The molecular weight excluding hydrogens is 324 g/mol. The van der Waals surface area contributed by atoms with Gasteiger partial charge < -0.3 is 4.90 Å². The van der Waals surface area contributed by atoms with Crippen molar-refractivity contribution >= 4 is 21.6 Å². The molecule has 0 aromatic heterocycles. The predicted octanol–water partition coefficient (Wildman–Crippen LogP) is 2.63. The number of sulfonamides is 1. The topological polar surface area (TPSA) is 66.5 Å². The van der Waals surface area contributed by atoms with Crippen molar-refractivity contribution in [1.82, 2.24) is 4.72 Å². The highest BCUT2D eigenvalue weighted by Gasteiger charge is 2.16. The first-order valence-corrected chi connectivity index (χ1v) is 9.19. The maximum atomic E-state index is 12.3. The molecule has 0 aliphatic heterocycles. The van der Waals surface area contributed by atoms with Crippen molar-refractivity contribution < 1.29 is 13.2 Å². The quantitative estimate of drug-likeness (QED) is 0.874. The van der Waals surface area contributed by atoms with Crippen molar-refractivity contribution in [2.24, 2.45) is 0 Å². The van der Waals surface area contributed by atoms with Gasteiger partial charge in [0.2, 0.25) is 15.9 Å². The molecule has 128 valence electrons. The molecule has 0 fully saturated rings. The summed E-state index contributed by atoms with van der Waals surface area (Å²) in [5.74, 6) is -0.126. The third-order valence-corrected chi connectivity index (χ3v) is 5.22. The van der Waals surface area contributed by atoms with Crippen LogP contribution in [0.15, 0.2) is 53.4 Å². The van der Waals surface area contributed by atoms with Gasteiger partial charge in [0, 0.05) is 25.7 Å². The number of carbonyl (C=O) groups is 1. The average molecular weight is 346 g/mol. The van der Waals surface area contributed by atoms with E-state index < -0.39 is 10.0 Å². The zero-order valence-corrected chi connectivity index (χ0v) is 14.9. The molecule has 2 aromatic carbocycles. The van der Waals surface area contributed by atoms with E-state index >= 15 is 0 Å². The Kier molecular flexibility index (Phi) is 5.75. The molecule has 0 heterocycles. The van der Waals surface area contributed by atoms with Gasteiger partial charge in [-0.1, -0.05) is 35.9 Å². The first kappa shape index (κ1) is 18.2. The van der Waals surface area contributed by atoms with E-state index in [2.05, 4.69) is 4.72 Å². The van der Waals surface area contributed by atoms with E-state index in [0.29, 0.717) is 0 Å². The lowest BCUT2D eigenvalue weighted by Gasteiger charge is -2.23. The number of carbonyl (C=O) groups excluding carboxylic acids is 1. The summed E-state index contributed by atoms with van der Waals surface area (Å²) in [6.07, 6.45) is 0. The molecule has 0 aliphatic carbocycles. The molecule has 0 spiro atoms. The first-order valence-electron chi connectivity index (χ1n) is 7.71. The minimum absolute atomic E-state index is 0.126. The van der Waals surface area contributed by atoms with Gasteiger partial charge in [0.25, 0.3) is 0 Å². The van der Waals surface area contributed by atoms with E-state index in [1.54, 1.807) is 29.2 Å². The van der Waals surface area contributed by atoms with Crippen LogP contribution in [0.1, 0.15) is 18.1 Å². The van der Waals surface area contributed by atoms with Crippen LogP contribution >= 0.6 is 0 Å². The standard InChI is InChI=1S/C18H22N2O3S/c1-14-8-10-17(11-9-14)24(22,23)19-12-13-20(16(3)21)18-7-5-4-6-15(18)2/h4-11,19H,12-13H2,1-3H3. The van der Waals surface area contributed by atoms with Gasteiger partial charge in [0.15, 0.2) is 0 Å². The normalized spacial score (nSPS) is 11.3. The second-order valence-electron chi connectivity index (χ2n) is 5.67. The number of amides is 1. The Morgan fingerprint density at radius 2 is 1.67 bits per heavy atom. The van der Waals surface area contributed by atoms with E-state index in [4.69, 9.17) is 0 Å². The Balaban J connectivity index is 2.07. The van der Waals surface area contributed by atoms with Crippen LogP contribution in [0, 0.1) is 13.8 Å². The van der Waals surface area contributed by atoms with Gasteiger partial charge in [0.05, 0.1) is 4.90 Å². The largest absolute Gasteiger partial charge is 0.311 e. The Bertz CT molecular complexity index is 814. The number of hydrogen-bond donors (Lipinski definition) is 1. The van der Waals surface area contributed by atoms with Crippen LogP contribution in [0.2, 0.25) is 0 Å². The molecule has 0 bridgehead atoms. The zero-order valence-electron chi connectivity index (χ0n) is 14.1. The summed E-state index contributed by atoms with van der Waals surface area (Å²) in [4.78, 5) is 13.7. The second kappa shape index (κ2) is 7.59. The molecule has 2 rings (SSSR count). The van der Waals surface area contributed by atoms with E-state index in [1.165, 1.54) is 6.92 Å². The Morgan fingerprint density at radius 3 is 2.25 bits per heavy atom. The number of nitrogens with one attached hydrogen (secondary N) is 1. The smallest absolute Gasteiger partial charge is 0.240 e. The Hall–Kier alpha value is -2.18. The van der Waals surface area contributed by atoms with Gasteiger partial charge in [-0.2, -0.15) is 0 Å². The average Bonchev–Trinajstić information content (AvgIpc) is 2.53. The van der Waals surface area contributed by atoms with Crippen molar-refractivity contribution in [2.75, 3.05) is 18.0 Å². The molecule has 0 saturated heterocycles. The van der Waals surface area contributed by atoms with Gasteiger partial charge in [0.1, 0.15) is 0 Å². The highest BCUT2D eigenvalue weighted by Crippen LogP contribution is 2.19. The molecule has 1 amide bonds. The van der Waals surface area contributed by atoms with E-state index in [0.717, 1.165) is 16.8 Å². The summed E-state index contributed by atoms with van der Waals surface area (Å²) in [7, 11) is -3.58. The van der Waals surface area contributed by atoms with Crippen molar-refractivity contribution in [1.29, 1.82) is 0 Å². The van der Waals surface area contributed by atoms with Crippen molar-refractivity contribution in [3.63, 3.8) is 0 Å². The van der Waals surface area contributed by atoms with E-state index in [-0.39, 0.29) is 23.9 Å². The summed E-state index contributed by atoms with van der Waals surface area (Å²) >= 11 is 0. The summed E-state index contributed by atoms with van der Waals surface area (Å²) < 4.78 is 27.1. The van der Waals surface area contributed by atoms with Gasteiger partial charge in [-0.25, -0.2) is 13.1 Å². The minimum Gasteiger partial charge on any atom is -0.311 e. The van der Waals surface area contributed by atoms with E-state index in [9.17, 15) is 13.2 Å². The maximum absolute atomic E-state index is 12.3. The lowest BCUT2D eigenvalue weighted by atomic mass is 10.2. The molecule has 0 saturated carbocycles. The molecule has 2 aromatic rings.